The van der Waals surface area contributed by atoms with Crippen molar-refractivity contribution in [2.75, 3.05) is 44.3 Å². The summed E-state index contributed by atoms with van der Waals surface area (Å²) in [5.74, 6) is -0.683. The number of benzene rings is 2. The Hall–Kier alpha value is -2.86. The summed E-state index contributed by atoms with van der Waals surface area (Å²) < 4.78 is 36.6. The van der Waals surface area contributed by atoms with Gasteiger partial charge in [0.15, 0.2) is 10.9 Å². The largest absolute Gasteiger partial charge is 0.462 e. The molecule has 12 heteroatoms. The Kier molecular flexibility index (Phi) is 5.59. The van der Waals surface area contributed by atoms with Crippen LogP contribution in [0.2, 0.25) is 5.02 Å². The van der Waals surface area contributed by atoms with Gasteiger partial charge in [-0.2, -0.15) is 9.97 Å². The first-order chi connectivity index (χ1) is 16.9. The Morgan fingerprint density at radius 3 is 2.77 bits per heavy atom. The van der Waals surface area contributed by atoms with Crippen LogP contribution < -0.4 is 21.1 Å². The third-order valence-corrected chi connectivity index (χ3v) is 7.80. The maximum atomic E-state index is 16.2. The maximum absolute atomic E-state index is 16.2. The average molecular weight is 518 g/mol. The average Bonchev–Trinajstić information content (AvgIpc) is 3.19. The van der Waals surface area contributed by atoms with Crippen LogP contribution in [0.15, 0.2) is 18.2 Å². The molecular formula is C23H22ClF2N7OS. The molecule has 0 radical (unpaired) electrons. The molecule has 0 spiro atoms. The number of likely N-dealkylation sites (tertiary alicyclic amines) is 1. The molecule has 6 rings (SSSR count). The number of fused-ring (bicyclic) bond motifs is 2. The van der Waals surface area contributed by atoms with Crippen LogP contribution >= 0.6 is 22.9 Å². The van der Waals surface area contributed by atoms with E-state index in [0.717, 1.165) is 37.4 Å². The van der Waals surface area contributed by atoms with Crippen molar-refractivity contribution in [3.05, 3.63) is 34.9 Å². The lowest BCUT2D eigenvalue weighted by atomic mass is 10.0. The van der Waals surface area contributed by atoms with E-state index in [2.05, 4.69) is 30.5 Å². The molecule has 1 unspecified atom stereocenters. The molecule has 2 aromatic carbocycles. The van der Waals surface area contributed by atoms with Crippen LogP contribution in [0.1, 0.15) is 6.42 Å². The molecule has 4 heterocycles. The van der Waals surface area contributed by atoms with Gasteiger partial charge in [0.1, 0.15) is 23.8 Å². The van der Waals surface area contributed by atoms with E-state index >= 15 is 4.39 Å². The number of nitrogens with one attached hydrogen (secondary N) is 2. The van der Waals surface area contributed by atoms with Crippen molar-refractivity contribution >= 4 is 55.0 Å². The fourth-order valence-corrected chi connectivity index (χ4v) is 5.38. The smallest absolute Gasteiger partial charge is 0.319 e. The van der Waals surface area contributed by atoms with Crippen molar-refractivity contribution in [1.82, 2.24) is 25.2 Å². The molecule has 4 N–H and O–H groups in total. The lowest BCUT2D eigenvalue weighted by molar-refractivity contribution is 0.0732. The topological polar surface area (TPSA) is 101 Å². The van der Waals surface area contributed by atoms with Crippen LogP contribution in [-0.2, 0) is 0 Å². The first-order valence-corrected chi connectivity index (χ1v) is 12.4. The number of hydrogen-bond donors (Lipinski definition) is 3. The summed E-state index contributed by atoms with van der Waals surface area (Å²) in [6.45, 7) is 2.95. The summed E-state index contributed by atoms with van der Waals surface area (Å²) in [5, 5.41) is 7.28. The molecule has 182 valence electrons. The fraction of sp³-hybridized carbons (Fsp3) is 0.348. The Bertz CT molecular complexity index is 1460. The van der Waals surface area contributed by atoms with Crippen molar-refractivity contribution in [2.24, 2.45) is 0 Å². The van der Waals surface area contributed by atoms with Crippen molar-refractivity contribution < 1.29 is 13.5 Å². The zero-order chi connectivity index (χ0) is 24.3. The van der Waals surface area contributed by atoms with Gasteiger partial charge < -0.3 is 21.1 Å². The SMILES string of the molecule is CN1CCC1COc1nc(NC2CNC2)c2cc(Cl)c(-c3ccc(F)c4sc(N)nc34)c(F)c2n1. The van der Waals surface area contributed by atoms with Gasteiger partial charge in [-0.3, -0.25) is 4.90 Å². The molecule has 0 amide bonds. The highest BCUT2D eigenvalue weighted by Gasteiger charge is 2.27. The molecule has 4 aromatic rings. The molecule has 2 saturated heterocycles. The van der Waals surface area contributed by atoms with Crippen LogP contribution in [-0.4, -0.2) is 65.2 Å². The lowest BCUT2D eigenvalue weighted by Crippen LogP contribution is -2.51. The second-order valence-electron chi connectivity index (χ2n) is 8.86. The summed E-state index contributed by atoms with van der Waals surface area (Å²) in [6, 6.07) is 4.84. The normalized spacial score (nSPS) is 18.6. The number of anilines is 2. The molecule has 2 fully saturated rings. The third kappa shape index (κ3) is 3.92. The highest BCUT2D eigenvalue weighted by Crippen LogP contribution is 2.42. The van der Waals surface area contributed by atoms with Crippen LogP contribution in [0.4, 0.5) is 19.7 Å². The minimum absolute atomic E-state index is 0.0619. The number of nitrogens with two attached hydrogens (primary N) is 1. The van der Waals surface area contributed by atoms with Gasteiger partial charge in [-0.05, 0) is 38.2 Å². The zero-order valence-electron chi connectivity index (χ0n) is 18.7. The number of nitrogen functional groups attached to an aromatic ring is 1. The summed E-state index contributed by atoms with van der Waals surface area (Å²) in [4.78, 5) is 15.4. The number of likely N-dealkylation sites (N-methyl/N-ethyl adjacent to an activating group) is 1. The van der Waals surface area contributed by atoms with E-state index in [4.69, 9.17) is 22.1 Å². The van der Waals surface area contributed by atoms with E-state index in [1.807, 2.05) is 7.05 Å². The highest BCUT2D eigenvalue weighted by atomic mass is 35.5. The molecule has 0 bridgehead atoms. The standard InChI is InChI=1S/C23H22ClF2N7OS/c1-33-5-4-11(33)9-34-23-31-18-13(21(32-23)29-10-7-28-8-10)6-14(24)16(17(18)26)12-2-3-15(25)20-19(12)30-22(27)35-20/h2-3,6,10-11,28H,4-5,7-9H2,1H3,(H2,27,30)(H,29,31,32). The Balaban J connectivity index is 1.50. The van der Waals surface area contributed by atoms with Gasteiger partial charge in [0.2, 0.25) is 0 Å². The van der Waals surface area contributed by atoms with Gasteiger partial charge in [0, 0.05) is 35.6 Å². The second kappa shape index (κ2) is 8.66. The molecule has 8 nitrogen and oxygen atoms in total. The number of rotatable bonds is 6. The Morgan fingerprint density at radius 1 is 1.26 bits per heavy atom. The van der Waals surface area contributed by atoms with Gasteiger partial charge in [-0.25, -0.2) is 13.8 Å². The first kappa shape index (κ1) is 22.6. The molecule has 2 aliphatic heterocycles. The number of hydrogen-bond acceptors (Lipinski definition) is 9. The number of nitrogens with zero attached hydrogens (tertiary/aromatic N) is 4. The molecule has 35 heavy (non-hydrogen) atoms. The van der Waals surface area contributed by atoms with E-state index in [1.54, 1.807) is 6.07 Å². The number of thiazole rings is 1. The summed E-state index contributed by atoms with van der Waals surface area (Å²) in [6.07, 6.45) is 1.02. The quantitative estimate of drug-likeness (QED) is 0.354. The minimum Gasteiger partial charge on any atom is -0.462 e. The summed E-state index contributed by atoms with van der Waals surface area (Å²) in [7, 11) is 2.03. The van der Waals surface area contributed by atoms with E-state index in [0.29, 0.717) is 23.4 Å². The van der Waals surface area contributed by atoms with Crippen molar-refractivity contribution in [2.45, 2.75) is 18.5 Å². The molecule has 0 aliphatic carbocycles. The van der Waals surface area contributed by atoms with Gasteiger partial charge in [0.25, 0.3) is 0 Å². The zero-order valence-corrected chi connectivity index (χ0v) is 20.3. The van der Waals surface area contributed by atoms with Crippen molar-refractivity contribution in [3.63, 3.8) is 0 Å². The monoisotopic (exact) mass is 517 g/mol. The molecule has 2 aromatic heterocycles. The van der Waals surface area contributed by atoms with E-state index in [1.165, 1.54) is 12.1 Å². The van der Waals surface area contributed by atoms with Gasteiger partial charge in [0.05, 0.1) is 21.3 Å². The predicted octanol–water partition coefficient (Wildman–Crippen LogP) is 3.89. The third-order valence-electron chi connectivity index (χ3n) is 6.61. The first-order valence-electron chi connectivity index (χ1n) is 11.2. The van der Waals surface area contributed by atoms with Crippen LogP contribution in [0.5, 0.6) is 6.01 Å². The van der Waals surface area contributed by atoms with Crippen LogP contribution in [0.3, 0.4) is 0 Å². The van der Waals surface area contributed by atoms with Crippen molar-refractivity contribution in [1.29, 1.82) is 0 Å². The minimum atomic E-state index is -0.658. The molecule has 0 saturated carbocycles. The summed E-state index contributed by atoms with van der Waals surface area (Å²) >= 11 is 7.61. The number of halogens is 3. The number of aromatic nitrogens is 3. The maximum Gasteiger partial charge on any atom is 0.319 e. The summed E-state index contributed by atoms with van der Waals surface area (Å²) in [5.41, 5.74) is 6.56. The molecular weight excluding hydrogens is 496 g/mol. The Morgan fingerprint density at radius 2 is 2.09 bits per heavy atom. The Labute approximate surface area is 208 Å². The second-order valence-corrected chi connectivity index (χ2v) is 10.3. The van der Waals surface area contributed by atoms with E-state index in [-0.39, 0.29) is 49.5 Å². The van der Waals surface area contributed by atoms with E-state index in [9.17, 15) is 4.39 Å². The van der Waals surface area contributed by atoms with Gasteiger partial charge in [-0.1, -0.05) is 22.9 Å². The predicted molar refractivity (Wildman–Crippen MR) is 134 cm³/mol. The van der Waals surface area contributed by atoms with Crippen LogP contribution in [0, 0.1) is 11.6 Å². The van der Waals surface area contributed by atoms with Crippen molar-refractivity contribution in [3.8, 4) is 17.1 Å². The molecule has 1 atom stereocenters. The highest BCUT2D eigenvalue weighted by molar-refractivity contribution is 7.22. The fourth-order valence-electron chi connectivity index (χ4n) is 4.33. The van der Waals surface area contributed by atoms with Gasteiger partial charge >= 0.3 is 6.01 Å². The lowest BCUT2D eigenvalue weighted by Gasteiger charge is -2.37. The van der Waals surface area contributed by atoms with Gasteiger partial charge in [-0.15, -0.1) is 0 Å². The molecule has 2 aliphatic rings. The van der Waals surface area contributed by atoms with Crippen LogP contribution in [0.25, 0.3) is 32.2 Å². The van der Waals surface area contributed by atoms with E-state index < -0.39 is 11.6 Å². The number of ether oxygens (including phenoxy) is 1.